The van der Waals surface area contributed by atoms with Crippen molar-refractivity contribution >= 4 is 41.2 Å². The molecule has 2 aliphatic rings. The van der Waals surface area contributed by atoms with Gasteiger partial charge in [0.05, 0.1) is 0 Å². The lowest BCUT2D eigenvalue weighted by molar-refractivity contribution is -0.139. The van der Waals surface area contributed by atoms with Gasteiger partial charge in [-0.05, 0) is 141 Å². The third-order valence-electron chi connectivity index (χ3n) is 15.3. The van der Waals surface area contributed by atoms with Crippen LogP contribution in [0.15, 0.2) is 109 Å². The van der Waals surface area contributed by atoms with Crippen LogP contribution in [0.4, 0.5) is 0 Å². The SMILES string of the molecule is CC(C)C[C@@H](C(=O)N[C@H]1CCCCN(Cc2cccc(C(=O)c3ccccc3)c2)C1=O)[C@H](CCC(C)(C)C)C(N)=O.CC(C)C[C@@H](C(=O)N[C@H]1CCCCN(Cc2cccc(Oc3ccccc3)c2)C1=O)[C@H](CCC(C)(C)C)C(N)=O. The molecular weight excluding hydrogens is 1020 g/mol. The summed E-state index contributed by atoms with van der Waals surface area (Å²) in [6.45, 7) is 22.8. The highest BCUT2D eigenvalue weighted by atomic mass is 16.5. The third kappa shape index (κ3) is 21.5. The molecule has 6 atom stereocenters. The molecule has 4 aromatic carbocycles. The van der Waals surface area contributed by atoms with Crippen LogP contribution in [0.5, 0.6) is 11.5 Å². The van der Waals surface area contributed by atoms with Gasteiger partial charge in [0.25, 0.3) is 0 Å². The van der Waals surface area contributed by atoms with Gasteiger partial charge in [-0.2, -0.15) is 0 Å². The third-order valence-corrected chi connectivity index (χ3v) is 15.3. The predicted molar refractivity (Wildman–Crippen MR) is 320 cm³/mol. The Hall–Kier alpha value is -6.83. The number of amides is 6. The number of nitrogens with zero attached hydrogens (tertiary/aromatic N) is 2. The first-order valence-corrected chi connectivity index (χ1v) is 29.6. The molecule has 2 saturated heterocycles. The van der Waals surface area contributed by atoms with Crippen LogP contribution < -0.4 is 26.8 Å². The number of benzene rings is 4. The van der Waals surface area contributed by atoms with E-state index >= 15 is 0 Å². The number of hydrogen-bond acceptors (Lipinski definition) is 8. The molecule has 2 fully saturated rings. The fourth-order valence-electron chi connectivity index (χ4n) is 10.9. The number of primary amides is 2. The Morgan fingerprint density at radius 2 is 0.938 bits per heavy atom. The molecule has 0 aromatic heterocycles. The Morgan fingerprint density at radius 1 is 0.531 bits per heavy atom. The van der Waals surface area contributed by atoms with Crippen LogP contribution in [0.3, 0.4) is 0 Å². The molecular formula is C67H94N6O8. The van der Waals surface area contributed by atoms with Gasteiger partial charge in [0.1, 0.15) is 23.6 Å². The predicted octanol–water partition coefficient (Wildman–Crippen LogP) is 11.6. The molecule has 14 heteroatoms. The molecule has 14 nitrogen and oxygen atoms in total. The van der Waals surface area contributed by atoms with Gasteiger partial charge >= 0.3 is 0 Å². The number of carbonyl (C=O) groups excluding carboxylic acids is 7. The van der Waals surface area contributed by atoms with E-state index in [1.807, 2.05) is 124 Å². The van der Waals surface area contributed by atoms with E-state index in [2.05, 4.69) is 52.2 Å². The zero-order valence-corrected chi connectivity index (χ0v) is 50.1. The first kappa shape index (κ1) is 65.0. The molecule has 0 aliphatic carbocycles. The Morgan fingerprint density at radius 3 is 1.37 bits per heavy atom. The van der Waals surface area contributed by atoms with Gasteiger partial charge in [-0.1, -0.05) is 148 Å². The quantitative estimate of drug-likeness (QED) is 0.0495. The van der Waals surface area contributed by atoms with Crippen molar-refractivity contribution in [3.63, 3.8) is 0 Å². The van der Waals surface area contributed by atoms with Crippen molar-refractivity contribution in [1.82, 2.24) is 20.4 Å². The number of hydrogen-bond donors (Lipinski definition) is 4. The van der Waals surface area contributed by atoms with Crippen molar-refractivity contribution in [2.45, 2.75) is 171 Å². The summed E-state index contributed by atoms with van der Waals surface area (Å²) in [5, 5.41) is 6.07. The van der Waals surface area contributed by atoms with E-state index in [0.29, 0.717) is 81.6 Å². The van der Waals surface area contributed by atoms with E-state index in [4.69, 9.17) is 16.2 Å². The van der Waals surface area contributed by atoms with E-state index in [1.54, 1.807) is 23.1 Å². The van der Waals surface area contributed by atoms with Crippen molar-refractivity contribution in [2.75, 3.05) is 13.1 Å². The van der Waals surface area contributed by atoms with Crippen LogP contribution in [-0.2, 0) is 41.9 Å². The maximum absolute atomic E-state index is 13.7. The summed E-state index contributed by atoms with van der Waals surface area (Å²) in [6, 6.07) is 32.6. The lowest BCUT2D eigenvalue weighted by atomic mass is 9.78. The molecule has 4 aromatic rings. The molecule has 81 heavy (non-hydrogen) atoms. The van der Waals surface area contributed by atoms with Crippen molar-refractivity contribution < 1.29 is 38.3 Å². The van der Waals surface area contributed by atoms with E-state index in [0.717, 1.165) is 55.4 Å². The van der Waals surface area contributed by atoms with Crippen molar-refractivity contribution in [3.8, 4) is 11.5 Å². The Balaban J connectivity index is 0.000000297. The highest BCUT2D eigenvalue weighted by Gasteiger charge is 2.39. The molecule has 6 rings (SSSR count). The highest BCUT2D eigenvalue weighted by molar-refractivity contribution is 6.09. The van der Waals surface area contributed by atoms with Gasteiger partial charge in [0.15, 0.2) is 5.78 Å². The number of ketones is 1. The zero-order valence-electron chi connectivity index (χ0n) is 50.1. The number of nitrogens with one attached hydrogen (secondary N) is 2. The second-order valence-electron chi connectivity index (χ2n) is 25.8. The van der Waals surface area contributed by atoms with Crippen molar-refractivity contribution in [3.05, 3.63) is 131 Å². The van der Waals surface area contributed by atoms with Gasteiger partial charge in [-0.3, -0.25) is 33.6 Å². The van der Waals surface area contributed by atoms with Gasteiger partial charge in [-0.25, -0.2) is 0 Å². The van der Waals surface area contributed by atoms with Crippen molar-refractivity contribution in [2.24, 2.45) is 57.8 Å². The summed E-state index contributed by atoms with van der Waals surface area (Å²) in [6.07, 6.45) is 8.16. The molecule has 6 N–H and O–H groups in total. The first-order chi connectivity index (χ1) is 38.3. The topological polar surface area (TPSA) is 211 Å². The van der Waals surface area contributed by atoms with Crippen LogP contribution in [0.25, 0.3) is 0 Å². The lowest BCUT2D eigenvalue weighted by Gasteiger charge is -2.30. The number of ether oxygens (including phenoxy) is 1. The molecule has 6 amide bonds. The standard InChI is InChI=1S/C34H47N3O4.C33H47N3O4/c1-23(2)20-28(27(31(35)39)17-18-34(3,4)5)32(40)36-29-16-9-10-19-37(33(29)41)22-24-12-11-15-26(21-24)30(38)25-13-7-6-8-14-25;1-23(2)20-28(27(30(34)37)17-18-33(3,4)5)31(38)35-29-16-9-10-19-36(32(29)39)22-24-12-11-15-26(21-24)40-25-13-7-6-8-14-25/h6-8,11-15,21,23,27-29H,9-10,16-20,22H2,1-5H3,(H2,35,39)(H,36,40);6-8,11-15,21,23,27-29H,9-10,16-20,22H2,1-5H3,(H2,34,37)(H,35,38)/t2*27-,28+,29-/m00/s1. The second kappa shape index (κ2) is 30.8. The van der Waals surface area contributed by atoms with Gasteiger partial charge in [0.2, 0.25) is 35.4 Å². The van der Waals surface area contributed by atoms with Crippen LogP contribution in [-0.4, -0.2) is 76.2 Å². The smallest absolute Gasteiger partial charge is 0.245 e. The summed E-state index contributed by atoms with van der Waals surface area (Å²) in [5.41, 5.74) is 14.7. The Kier molecular flexibility index (Phi) is 24.7. The van der Waals surface area contributed by atoms with Crippen LogP contribution in [0, 0.1) is 46.3 Å². The fraction of sp³-hybridized carbons (Fsp3) is 0.537. The van der Waals surface area contributed by atoms with E-state index in [1.165, 1.54) is 0 Å². The number of rotatable bonds is 24. The summed E-state index contributed by atoms with van der Waals surface area (Å²) in [7, 11) is 0. The highest BCUT2D eigenvalue weighted by Crippen LogP contribution is 2.33. The normalized spacial score (nSPS) is 17.6. The molecule has 0 unspecified atom stereocenters. The maximum Gasteiger partial charge on any atom is 0.245 e. The second-order valence-corrected chi connectivity index (χ2v) is 25.8. The summed E-state index contributed by atoms with van der Waals surface area (Å²) in [4.78, 5) is 96.2. The largest absolute Gasteiger partial charge is 0.457 e. The molecule has 0 spiro atoms. The summed E-state index contributed by atoms with van der Waals surface area (Å²) in [5.74, 6) is -2.15. The van der Waals surface area contributed by atoms with Gasteiger partial charge in [-0.15, -0.1) is 0 Å². The lowest BCUT2D eigenvalue weighted by Crippen LogP contribution is -2.50. The van der Waals surface area contributed by atoms with Crippen molar-refractivity contribution in [1.29, 1.82) is 0 Å². The van der Waals surface area contributed by atoms with Crippen LogP contribution in [0.2, 0.25) is 0 Å². The number of nitrogens with two attached hydrogens (primary N) is 2. The zero-order chi connectivity index (χ0) is 59.4. The van der Waals surface area contributed by atoms with E-state index < -0.39 is 47.6 Å². The fourth-order valence-corrected chi connectivity index (χ4v) is 10.9. The van der Waals surface area contributed by atoms with Crippen LogP contribution in [0.1, 0.15) is 173 Å². The summed E-state index contributed by atoms with van der Waals surface area (Å²) >= 11 is 0. The monoisotopic (exact) mass is 1110 g/mol. The van der Waals surface area contributed by atoms with Gasteiger partial charge < -0.3 is 36.6 Å². The molecule has 2 aliphatic heterocycles. The Bertz CT molecular complexity index is 2700. The first-order valence-electron chi connectivity index (χ1n) is 29.6. The minimum absolute atomic E-state index is 0.00727. The molecule has 440 valence electrons. The average Bonchev–Trinajstić information content (AvgIpc) is 3.70. The number of para-hydroxylation sites is 1. The van der Waals surface area contributed by atoms with Gasteiger partial charge in [0, 0.05) is 61.0 Å². The minimum atomic E-state index is -0.662. The molecule has 0 bridgehead atoms. The Labute approximate surface area is 483 Å². The minimum Gasteiger partial charge on any atom is -0.457 e. The average molecular weight is 1110 g/mol. The van der Waals surface area contributed by atoms with E-state index in [9.17, 15) is 33.6 Å². The summed E-state index contributed by atoms with van der Waals surface area (Å²) < 4.78 is 5.98. The van der Waals surface area contributed by atoms with E-state index in [-0.39, 0.29) is 52.1 Å². The van der Waals surface area contributed by atoms with Crippen LogP contribution >= 0.6 is 0 Å². The molecule has 2 heterocycles. The molecule has 0 radical (unpaired) electrons. The number of likely N-dealkylation sites (tertiary alicyclic amines) is 2. The molecule has 0 saturated carbocycles. The maximum atomic E-state index is 13.7. The number of carbonyl (C=O) groups is 7.